The van der Waals surface area contributed by atoms with Crippen molar-refractivity contribution in [1.29, 1.82) is 0 Å². The maximum absolute atomic E-state index is 5.44. The molecule has 0 saturated heterocycles. The van der Waals surface area contributed by atoms with E-state index in [1.165, 1.54) is 55.6 Å². The molecule has 4 heterocycles. The van der Waals surface area contributed by atoms with Crippen molar-refractivity contribution in [1.82, 2.24) is 39.0 Å². The molecule has 0 fully saturated rings. The van der Waals surface area contributed by atoms with Crippen molar-refractivity contribution in [3.8, 4) is 124 Å². The van der Waals surface area contributed by atoms with Crippen LogP contribution in [0.4, 0.5) is 0 Å². The number of aryl methyl sites for hydroxylation is 6. The van der Waals surface area contributed by atoms with Crippen molar-refractivity contribution in [2.45, 2.75) is 41.5 Å². The number of hydrogen-bond donors (Lipinski definition) is 0. The number of aromatic nitrogens is 8. The summed E-state index contributed by atoms with van der Waals surface area (Å²) in [5, 5.41) is 4.64. The Hall–Kier alpha value is -12.5. The van der Waals surface area contributed by atoms with E-state index in [1.54, 1.807) is 0 Å². The molecule has 0 amide bonds. The molecule has 8 heteroatoms. The molecule has 0 bridgehead atoms. The fraction of sp³-hybridized carbons (Fsp3) is 0.0667. The molecule has 0 unspecified atom stereocenters. The third kappa shape index (κ3) is 10.6. The predicted octanol–water partition coefficient (Wildman–Crippen LogP) is 22.8. The fourth-order valence-corrected chi connectivity index (χ4v) is 15.0. The van der Waals surface area contributed by atoms with Crippen LogP contribution in [0.15, 0.2) is 291 Å². The van der Waals surface area contributed by atoms with Gasteiger partial charge < -0.3 is 9.13 Å². The van der Waals surface area contributed by atoms with E-state index in [9.17, 15) is 0 Å². The summed E-state index contributed by atoms with van der Waals surface area (Å²) in [5.41, 5.74) is 28.0. The zero-order valence-electron chi connectivity index (χ0n) is 55.3. The second-order valence-electron chi connectivity index (χ2n) is 25.8. The second kappa shape index (κ2) is 24.4. The Kier molecular flexibility index (Phi) is 14.7. The maximum Gasteiger partial charge on any atom is 0.166 e. The van der Waals surface area contributed by atoms with Crippen LogP contribution in [-0.2, 0) is 0 Å². The van der Waals surface area contributed by atoms with Crippen molar-refractivity contribution in [3.05, 3.63) is 325 Å². The van der Waals surface area contributed by atoms with E-state index in [4.69, 9.17) is 29.9 Å². The van der Waals surface area contributed by atoms with E-state index in [0.29, 0.717) is 34.9 Å². The van der Waals surface area contributed by atoms with Crippen molar-refractivity contribution in [3.63, 3.8) is 0 Å². The zero-order valence-corrected chi connectivity index (χ0v) is 55.3. The molecule has 466 valence electrons. The average Bonchev–Trinajstić information content (AvgIpc) is 1.56. The predicted molar refractivity (Wildman–Crippen MR) is 405 cm³/mol. The molecule has 4 aromatic heterocycles. The summed E-state index contributed by atoms with van der Waals surface area (Å²) in [6, 6.07) is 104. The van der Waals surface area contributed by atoms with Gasteiger partial charge in [-0.1, -0.05) is 236 Å². The largest absolute Gasteiger partial charge is 0.309 e. The molecule has 0 N–H and O–H groups in total. The van der Waals surface area contributed by atoms with Gasteiger partial charge in [0.1, 0.15) is 0 Å². The van der Waals surface area contributed by atoms with E-state index in [0.717, 1.165) is 111 Å². The van der Waals surface area contributed by atoms with Gasteiger partial charge in [-0.05, 0) is 175 Å². The van der Waals surface area contributed by atoms with E-state index >= 15 is 0 Å². The Labute approximate surface area is 569 Å². The first-order valence-corrected chi connectivity index (χ1v) is 33.4. The Morgan fingerprint density at radius 3 is 0.847 bits per heavy atom. The Morgan fingerprint density at radius 2 is 0.490 bits per heavy atom. The van der Waals surface area contributed by atoms with Crippen LogP contribution in [0.2, 0.25) is 0 Å². The highest BCUT2D eigenvalue weighted by molar-refractivity contribution is 6.12. The molecule has 17 aromatic rings. The molecule has 0 radical (unpaired) electrons. The highest BCUT2D eigenvalue weighted by atomic mass is 15.1. The molecule has 0 aliphatic carbocycles. The van der Waals surface area contributed by atoms with Gasteiger partial charge in [0.15, 0.2) is 34.9 Å². The van der Waals surface area contributed by atoms with Crippen LogP contribution in [-0.4, -0.2) is 39.0 Å². The average molecular weight is 1260 g/mol. The molecule has 13 aromatic carbocycles. The molecule has 0 atom stereocenters. The molecule has 98 heavy (non-hydrogen) atoms. The zero-order chi connectivity index (χ0) is 66.1. The van der Waals surface area contributed by atoms with Gasteiger partial charge in [-0.2, -0.15) is 0 Å². The smallest absolute Gasteiger partial charge is 0.166 e. The Morgan fingerprint density at radius 1 is 0.204 bits per heavy atom. The van der Waals surface area contributed by atoms with Gasteiger partial charge >= 0.3 is 0 Å². The number of nitrogens with zero attached hydrogens (tertiary/aromatic N) is 8. The summed E-state index contributed by atoms with van der Waals surface area (Å²) in [7, 11) is 0. The van der Waals surface area contributed by atoms with Gasteiger partial charge in [0.2, 0.25) is 0 Å². The third-order valence-electron chi connectivity index (χ3n) is 19.2. The molecule has 8 nitrogen and oxygen atoms in total. The summed E-state index contributed by atoms with van der Waals surface area (Å²) in [6.07, 6.45) is 0. The molecule has 0 saturated carbocycles. The number of fused-ring (bicyclic) bond motifs is 6. The number of hydrogen-bond acceptors (Lipinski definition) is 6. The highest BCUT2D eigenvalue weighted by Crippen LogP contribution is 2.44. The molecule has 0 spiro atoms. The lowest BCUT2D eigenvalue weighted by Gasteiger charge is -2.18. The van der Waals surface area contributed by atoms with Crippen LogP contribution in [0.3, 0.4) is 0 Å². The minimum atomic E-state index is 0.558. The number of rotatable bonds is 12. The summed E-state index contributed by atoms with van der Waals surface area (Å²) in [5.74, 6) is 3.47. The van der Waals surface area contributed by atoms with E-state index < -0.39 is 0 Å². The van der Waals surface area contributed by atoms with Crippen molar-refractivity contribution >= 4 is 43.6 Å². The van der Waals surface area contributed by atoms with E-state index in [1.807, 2.05) is 72.8 Å². The van der Waals surface area contributed by atoms with Gasteiger partial charge in [0, 0.05) is 54.9 Å². The first kappa shape index (κ1) is 59.2. The van der Waals surface area contributed by atoms with Crippen LogP contribution in [0.5, 0.6) is 0 Å². The van der Waals surface area contributed by atoms with Gasteiger partial charge in [-0.25, -0.2) is 29.9 Å². The lowest BCUT2D eigenvalue weighted by Crippen LogP contribution is -2.04. The standard InChI is InChI=1S/C90H66N8/c1-55-46-57(3)83(58(4)47-55)69-40-44-79-73(53-69)71-34-19-21-36-77(71)97(79)81-42-38-67(51-75(81)89-93-85(61-24-11-7-12-25-61)91-86(94-89)62-26-13-8-14-27-62)65-32-23-33-66(50-65)68-39-43-82(76(52-68)90-95-87(63-28-15-9-16-29-63)92-88(96-90)64-30-17-10-18-31-64)98-78-37-22-20-35-72(78)74-54-70(41-45-80(74)98)84-59(5)48-56(2)49-60(84)6/h7-54H,1-6H3. The highest BCUT2D eigenvalue weighted by Gasteiger charge is 2.25. The molecular weight excluding hydrogens is 1190 g/mol. The van der Waals surface area contributed by atoms with E-state index in [2.05, 4.69) is 269 Å². The minimum Gasteiger partial charge on any atom is -0.309 e. The number of para-hydroxylation sites is 2. The van der Waals surface area contributed by atoms with Crippen LogP contribution < -0.4 is 0 Å². The minimum absolute atomic E-state index is 0.558. The molecule has 0 aliphatic heterocycles. The fourth-order valence-electron chi connectivity index (χ4n) is 15.0. The topological polar surface area (TPSA) is 87.2 Å². The normalized spacial score (nSPS) is 11.6. The van der Waals surface area contributed by atoms with Crippen molar-refractivity contribution in [2.75, 3.05) is 0 Å². The monoisotopic (exact) mass is 1260 g/mol. The lowest BCUT2D eigenvalue weighted by atomic mass is 9.93. The van der Waals surface area contributed by atoms with Crippen molar-refractivity contribution < 1.29 is 0 Å². The van der Waals surface area contributed by atoms with Gasteiger partial charge in [0.05, 0.1) is 33.4 Å². The Balaban J connectivity index is 0.872. The summed E-state index contributed by atoms with van der Waals surface area (Å²) in [4.78, 5) is 32.1. The Bertz CT molecular complexity index is 5460. The lowest BCUT2D eigenvalue weighted by molar-refractivity contribution is 1.06. The molecule has 17 rings (SSSR count). The maximum atomic E-state index is 5.44. The quantitative estimate of drug-likeness (QED) is 0.121. The third-order valence-corrected chi connectivity index (χ3v) is 19.2. The van der Waals surface area contributed by atoms with Gasteiger partial charge in [0.25, 0.3) is 0 Å². The molecular formula is C90H66N8. The second-order valence-corrected chi connectivity index (χ2v) is 25.8. The summed E-state index contributed by atoms with van der Waals surface area (Å²) in [6.45, 7) is 13.2. The van der Waals surface area contributed by atoms with Crippen LogP contribution >= 0.6 is 0 Å². The van der Waals surface area contributed by atoms with Crippen molar-refractivity contribution in [2.24, 2.45) is 0 Å². The first-order valence-electron chi connectivity index (χ1n) is 33.4. The summed E-state index contributed by atoms with van der Waals surface area (Å²) < 4.78 is 4.79. The van der Waals surface area contributed by atoms with Crippen LogP contribution in [0.25, 0.3) is 168 Å². The van der Waals surface area contributed by atoms with Gasteiger partial charge in [-0.3, -0.25) is 0 Å². The SMILES string of the molecule is Cc1cc(C)c(-c2ccc3c(c2)c2ccccc2n3-c2ccc(-c3cccc(-c4ccc(-n5c6ccccc6c6cc(-c7c(C)cc(C)cc7C)ccc65)c(-c5nc(-c6ccccc6)nc(-c6ccccc6)n5)c4)c3)cc2-c2nc(-c3ccccc3)nc(-c3ccccc3)n2)c(C)c1. The molecule has 0 aliphatic rings. The van der Waals surface area contributed by atoms with E-state index in [-0.39, 0.29) is 0 Å². The van der Waals surface area contributed by atoms with Crippen LogP contribution in [0.1, 0.15) is 33.4 Å². The first-order chi connectivity index (χ1) is 48.0. The summed E-state index contributed by atoms with van der Waals surface area (Å²) >= 11 is 0. The number of benzene rings is 13. The van der Waals surface area contributed by atoms with Gasteiger partial charge in [-0.15, -0.1) is 0 Å². The van der Waals surface area contributed by atoms with Crippen LogP contribution in [0, 0.1) is 41.5 Å².